The van der Waals surface area contributed by atoms with Crippen LogP contribution in [0.4, 0.5) is 0 Å². The van der Waals surface area contributed by atoms with Gasteiger partial charge in [-0.25, -0.2) is 4.79 Å². The molecule has 3 heterocycles. The Balaban J connectivity index is 1.74. The Morgan fingerprint density at radius 2 is 2.33 bits per heavy atom. The number of thiophene rings is 1. The molecule has 1 saturated heterocycles. The molecule has 0 saturated carbocycles. The van der Waals surface area contributed by atoms with Crippen LogP contribution in [0.1, 0.15) is 22.9 Å². The fourth-order valence-electron chi connectivity index (χ4n) is 2.93. The minimum absolute atomic E-state index is 0.0562. The second-order valence-corrected chi connectivity index (χ2v) is 7.46. The van der Waals surface area contributed by atoms with Gasteiger partial charge in [-0.1, -0.05) is 0 Å². The summed E-state index contributed by atoms with van der Waals surface area (Å²) >= 11 is 3.42. The van der Waals surface area contributed by atoms with Gasteiger partial charge in [0, 0.05) is 41.9 Å². The molecule has 2 aliphatic heterocycles. The third kappa shape index (κ3) is 3.09. The van der Waals surface area contributed by atoms with Crippen molar-refractivity contribution in [3.8, 4) is 0 Å². The summed E-state index contributed by atoms with van der Waals surface area (Å²) in [5.41, 5.74) is 0.790. The molecule has 2 atom stereocenters. The number of carbonyl (C=O) groups is 2. The third-order valence-electron chi connectivity index (χ3n) is 3.94. The lowest BCUT2D eigenvalue weighted by molar-refractivity contribution is -0.151. The van der Waals surface area contributed by atoms with Gasteiger partial charge in [0.15, 0.2) is 6.04 Å². The monoisotopic (exact) mass is 326 g/mol. The highest BCUT2D eigenvalue weighted by molar-refractivity contribution is 7.99. The van der Waals surface area contributed by atoms with Crippen LogP contribution in [0.3, 0.4) is 0 Å². The molecule has 2 N–H and O–H groups in total. The average Bonchev–Trinajstić information content (AvgIpc) is 2.95. The number of thioether (sulfide) groups is 1. The number of carbonyl (C=O) groups excluding carboxylic acids is 1. The number of carboxylic acids is 1. The maximum Gasteiger partial charge on any atom is 0.331 e. The van der Waals surface area contributed by atoms with Crippen LogP contribution in [0.25, 0.3) is 0 Å². The summed E-state index contributed by atoms with van der Waals surface area (Å²) in [6, 6.07) is 1.19. The predicted octanol–water partition coefficient (Wildman–Crippen LogP) is 1.35. The predicted molar refractivity (Wildman–Crippen MR) is 83.8 cm³/mol. The smallest absolute Gasteiger partial charge is 0.331 e. The van der Waals surface area contributed by atoms with E-state index < -0.39 is 12.0 Å². The SMILES string of the molecule is O=C(O)C1c2ccsc2CCN1C(=O)CC1CSCCN1. The van der Waals surface area contributed by atoms with Gasteiger partial charge in [0.05, 0.1) is 0 Å². The van der Waals surface area contributed by atoms with Crippen molar-refractivity contribution >= 4 is 35.0 Å². The van der Waals surface area contributed by atoms with Crippen LogP contribution in [-0.2, 0) is 16.0 Å². The molecule has 1 aromatic rings. The van der Waals surface area contributed by atoms with Crippen LogP contribution >= 0.6 is 23.1 Å². The first kappa shape index (κ1) is 14.9. The molecule has 21 heavy (non-hydrogen) atoms. The molecular weight excluding hydrogens is 308 g/mol. The highest BCUT2D eigenvalue weighted by atomic mass is 32.2. The summed E-state index contributed by atoms with van der Waals surface area (Å²) < 4.78 is 0. The van der Waals surface area contributed by atoms with Crippen molar-refractivity contribution in [1.29, 1.82) is 0 Å². The van der Waals surface area contributed by atoms with E-state index in [9.17, 15) is 14.7 Å². The van der Waals surface area contributed by atoms with Gasteiger partial charge < -0.3 is 15.3 Å². The Kier molecular flexibility index (Phi) is 4.51. The molecule has 2 unspecified atom stereocenters. The standard InChI is InChI=1S/C14H18N2O3S2/c17-12(7-9-8-20-6-3-15-9)16-4-1-11-10(2-5-21-11)13(16)14(18)19/h2,5,9,13,15H,1,3-4,6-8H2,(H,18,19). The van der Waals surface area contributed by atoms with E-state index in [4.69, 9.17) is 0 Å². The summed E-state index contributed by atoms with van der Waals surface area (Å²) in [4.78, 5) is 26.8. The fourth-order valence-corrected chi connectivity index (χ4v) is 4.78. The maximum atomic E-state index is 12.5. The summed E-state index contributed by atoms with van der Waals surface area (Å²) in [7, 11) is 0. The molecule has 1 aromatic heterocycles. The Morgan fingerprint density at radius 3 is 3.05 bits per heavy atom. The second-order valence-electron chi connectivity index (χ2n) is 5.31. The number of nitrogens with zero attached hydrogens (tertiary/aromatic N) is 1. The summed E-state index contributed by atoms with van der Waals surface area (Å²) in [6.07, 6.45) is 1.14. The van der Waals surface area contributed by atoms with Gasteiger partial charge in [-0.15, -0.1) is 11.3 Å². The number of rotatable bonds is 3. The minimum atomic E-state index is -0.936. The molecule has 0 aliphatic carbocycles. The zero-order valence-electron chi connectivity index (χ0n) is 11.6. The lowest BCUT2D eigenvalue weighted by atomic mass is 9.99. The molecule has 1 fully saturated rings. The van der Waals surface area contributed by atoms with Crippen LogP contribution in [0.2, 0.25) is 0 Å². The molecule has 5 nitrogen and oxygen atoms in total. The number of fused-ring (bicyclic) bond motifs is 1. The van der Waals surface area contributed by atoms with Gasteiger partial charge >= 0.3 is 5.97 Å². The largest absolute Gasteiger partial charge is 0.479 e. The van der Waals surface area contributed by atoms with Crippen LogP contribution in [0.5, 0.6) is 0 Å². The molecule has 3 rings (SSSR count). The molecule has 0 radical (unpaired) electrons. The number of amides is 1. The molecule has 7 heteroatoms. The van der Waals surface area contributed by atoms with Gasteiger partial charge in [0.2, 0.25) is 5.91 Å². The van der Waals surface area contributed by atoms with E-state index in [-0.39, 0.29) is 11.9 Å². The van der Waals surface area contributed by atoms with E-state index in [1.165, 1.54) is 0 Å². The van der Waals surface area contributed by atoms with Gasteiger partial charge in [0.1, 0.15) is 0 Å². The average molecular weight is 326 g/mol. The minimum Gasteiger partial charge on any atom is -0.479 e. The van der Waals surface area contributed by atoms with E-state index in [0.29, 0.717) is 13.0 Å². The summed E-state index contributed by atoms with van der Waals surface area (Å²) in [6.45, 7) is 1.42. The Hall–Kier alpha value is -1.05. The van der Waals surface area contributed by atoms with Crippen molar-refractivity contribution in [2.24, 2.45) is 0 Å². The Bertz CT molecular complexity index is 540. The molecule has 0 aromatic carbocycles. The molecule has 114 valence electrons. The van der Waals surface area contributed by atoms with Crippen molar-refractivity contribution in [2.45, 2.75) is 24.9 Å². The number of carboxylic acid groups (broad SMARTS) is 1. The van der Waals surface area contributed by atoms with Gasteiger partial charge in [-0.05, 0) is 23.4 Å². The topological polar surface area (TPSA) is 69.6 Å². The normalized spacial score (nSPS) is 25.4. The second kappa shape index (κ2) is 6.37. The van der Waals surface area contributed by atoms with Crippen LogP contribution < -0.4 is 5.32 Å². The van der Waals surface area contributed by atoms with E-state index in [0.717, 1.165) is 34.9 Å². The highest BCUT2D eigenvalue weighted by Gasteiger charge is 2.37. The van der Waals surface area contributed by atoms with E-state index >= 15 is 0 Å². The van der Waals surface area contributed by atoms with Crippen molar-refractivity contribution in [3.63, 3.8) is 0 Å². The lowest BCUT2D eigenvalue weighted by Gasteiger charge is -2.34. The number of hydrogen-bond acceptors (Lipinski definition) is 5. The molecule has 0 bridgehead atoms. The zero-order valence-corrected chi connectivity index (χ0v) is 13.2. The lowest BCUT2D eigenvalue weighted by Crippen LogP contribution is -2.47. The number of nitrogens with one attached hydrogen (secondary N) is 1. The third-order valence-corrected chi connectivity index (χ3v) is 6.07. The highest BCUT2D eigenvalue weighted by Crippen LogP contribution is 2.34. The first-order chi connectivity index (χ1) is 10.2. The quantitative estimate of drug-likeness (QED) is 0.877. The van der Waals surface area contributed by atoms with Crippen molar-refractivity contribution in [3.05, 3.63) is 21.9 Å². The number of hydrogen-bond donors (Lipinski definition) is 2. The summed E-state index contributed by atoms with van der Waals surface area (Å²) in [5, 5.41) is 14.8. The van der Waals surface area contributed by atoms with Crippen LogP contribution in [0, 0.1) is 0 Å². The molecule has 2 aliphatic rings. The number of aliphatic carboxylic acids is 1. The fraction of sp³-hybridized carbons (Fsp3) is 0.571. The van der Waals surface area contributed by atoms with Crippen molar-refractivity contribution < 1.29 is 14.7 Å². The first-order valence-corrected chi connectivity index (χ1v) is 9.10. The van der Waals surface area contributed by atoms with Crippen LogP contribution in [0.15, 0.2) is 11.4 Å². The van der Waals surface area contributed by atoms with Crippen molar-refractivity contribution in [1.82, 2.24) is 10.2 Å². The van der Waals surface area contributed by atoms with Crippen molar-refractivity contribution in [2.75, 3.05) is 24.6 Å². The molecule has 0 spiro atoms. The summed E-state index contributed by atoms with van der Waals surface area (Å²) in [5.74, 6) is 0.999. The Labute approximate surface area is 131 Å². The van der Waals surface area contributed by atoms with E-state index in [1.54, 1.807) is 16.2 Å². The maximum absolute atomic E-state index is 12.5. The molecule has 1 amide bonds. The van der Waals surface area contributed by atoms with E-state index in [2.05, 4.69) is 5.32 Å². The van der Waals surface area contributed by atoms with E-state index in [1.807, 2.05) is 23.2 Å². The van der Waals surface area contributed by atoms with Gasteiger partial charge in [-0.3, -0.25) is 4.79 Å². The van der Waals surface area contributed by atoms with Gasteiger partial charge in [0.25, 0.3) is 0 Å². The zero-order chi connectivity index (χ0) is 14.8. The first-order valence-electron chi connectivity index (χ1n) is 7.06. The Morgan fingerprint density at radius 1 is 1.48 bits per heavy atom. The van der Waals surface area contributed by atoms with Crippen LogP contribution in [-0.4, -0.2) is 52.5 Å². The molecular formula is C14H18N2O3S2. The van der Waals surface area contributed by atoms with Gasteiger partial charge in [-0.2, -0.15) is 11.8 Å².